The lowest BCUT2D eigenvalue weighted by atomic mass is 10.1. The molecule has 0 aliphatic carbocycles. The van der Waals surface area contributed by atoms with E-state index in [-0.39, 0.29) is 24.1 Å². The Morgan fingerprint density at radius 1 is 1.53 bits per heavy atom. The fourth-order valence-electron chi connectivity index (χ4n) is 1.36. The fraction of sp³-hybridized carbons (Fsp3) is 0.273. The van der Waals surface area contributed by atoms with E-state index >= 15 is 0 Å². The molecule has 1 heterocycles. The summed E-state index contributed by atoms with van der Waals surface area (Å²) < 4.78 is 18.1. The summed E-state index contributed by atoms with van der Waals surface area (Å²) in [4.78, 5) is 4.04. The van der Waals surface area contributed by atoms with Crippen LogP contribution in [-0.2, 0) is 0 Å². The molecule has 3 N–H and O–H groups in total. The quantitative estimate of drug-likeness (QED) is 0.837. The molecule has 17 heavy (non-hydrogen) atoms. The maximum Gasteiger partial charge on any atom is 0.257 e. The second-order valence-electron chi connectivity index (χ2n) is 3.71. The summed E-state index contributed by atoms with van der Waals surface area (Å²) in [7, 11) is 0. The average Bonchev–Trinajstić information content (AvgIpc) is 2.81. The van der Waals surface area contributed by atoms with Crippen LogP contribution in [0.2, 0.25) is 0 Å². The number of aliphatic hydroxyl groups is 1. The van der Waals surface area contributed by atoms with E-state index in [4.69, 9.17) is 15.4 Å². The summed E-state index contributed by atoms with van der Waals surface area (Å²) in [6, 6.07) is 3.82. The summed E-state index contributed by atoms with van der Waals surface area (Å²) >= 11 is 0. The summed E-state index contributed by atoms with van der Waals surface area (Å²) in [5.74, 6) is 0.192. The van der Waals surface area contributed by atoms with Gasteiger partial charge in [-0.25, -0.2) is 4.39 Å². The van der Waals surface area contributed by atoms with Crippen LogP contribution in [0.15, 0.2) is 22.7 Å². The van der Waals surface area contributed by atoms with Crippen LogP contribution >= 0.6 is 0 Å². The third-order valence-corrected chi connectivity index (χ3v) is 2.37. The van der Waals surface area contributed by atoms with Crippen LogP contribution in [0.1, 0.15) is 17.4 Å². The maximum atomic E-state index is 13.1. The van der Waals surface area contributed by atoms with Gasteiger partial charge in [0.15, 0.2) is 5.82 Å². The smallest absolute Gasteiger partial charge is 0.257 e. The Kier molecular flexibility index (Phi) is 3.16. The number of hydrogen-bond donors (Lipinski definition) is 2. The summed E-state index contributed by atoms with van der Waals surface area (Å²) in [6.07, 6.45) is 0. The third-order valence-electron chi connectivity index (χ3n) is 2.37. The molecule has 1 aromatic carbocycles. The number of aryl methyl sites for hydroxylation is 1. The van der Waals surface area contributed by atoms with Crippen LogP contribution in [0.5, 0.6) is 0 Å². The highest BCUT2D eigenvalue weighted by atomic mass is 19.1. The molecular formula is C11H12FN3O2. The summed E-state index contributed by atoms with van der Waals surface area (Å²) in [6.45, 7) is 1.39. The zero-order valence-corrected chi connectivity index (χ0v) is 9.22. The molecule has 0 amide bonds. The Bertz CT molecular complexity index is 527. The molecule has 0 bridgehead atoms. The maximum absolute atomic E-state index is 13.1. The van der Waals surface area contributed by atoms with Gasteiger partial charge in [0, 0.05) is 5.56 Å². The second kappa shape index (κ2) is 4.60. The van der Waals surface area contributed by atoms with Gasteiger partial charge >= 0.3 is 0 Å². The Labute approximate surface area is 97.1 Å². The number of halogens is 1. The van der Waals surface area contributed by atoms with E-state index < -0.39 is 6.04 Å². The van der Waals surface area contributed by atoms with Crippen molar-refractivity contribution >= 4 is 0 Å². The highest BCUT2D eigenvalue weighted by Gasteiger charge is 2.14. The fourth-order valence-corrected chi connectivity index (χ4v) is 1.36. The van der Waals surface area contributed by atoms with Gasteiger partial charge in [-0.1, -0.05) is 5.16 Å². The van der Waals surface area contributed by atoms with Crippen molar-refractivity contribution in [1.29, 1.82) is 0 Å². The van der Waals surface area contributed by atoms with Crippen molar-refractivity contribution in [3.63, 3.8) is 0 Å². The zero-order valence-electron chi connectivity index (χ0n) is 9.22. The van der Waals surface area contributed by atoms with Crippen LogP contribution in [0.4, 0.5) is 4.39 Å². The standard InChI is InChI=1S/C11H12FN3O2/c1-6-4-7(2-3-8(6)12)11-14-10(15-17-11)9(13)5-16/h2-4,9,16H,5,13H2,1H3. The molecular weight excluding hydrogens is 225 g/mol. The van der Waals surface area contributed by atoms with Gasteiger partial charge in [0.05, 0.1) is 12.6 Å². The second-order valence-corrected chi connectivity index (χ2v) is 3.71. The molecule has 0 radical (unpaired) electrons. The van der Waals surface area contributed by atoms with Crippen molar-refractivity contribution in [2.45, 2.75) is 13.0 Å². The van der Waals surface area contributed by atoms with Crippen LogP contribution in [-0.4, -0.2) is 21.9 Å². The molecule has 2 rings (SSSR count). The van der Waals surface area contributed by atoms with E-state index in [1.807, 2.05) is 0 Å². The van der Waals surface area contributed by atoms with E-state index in [2.05, 4.69) is 10.1 Å². The van der Waals surface area contributed by atoms with Crippen LogP contribution < -0.4 is 5.73 Å². The Morgan fingerprint density at radius 2 is 2.29 bits per heavy atom. The normalized spacial score (nSPS) is 12.7. The first kappa shape index (κ1) is 11.7. The molecule has 0 saturated carbocycles. The lowest BCUT2D eigenvalue weighted by Crippen LogP contribution is -2.15. The first-order chi connectivity index (χ1) is 8.11. The van der Waals surface area contributed by atoms with Crippen molar-refractivity contribution in [2.75, 3.05) is 6.61 Å². The van der Waals surface area contributed by atoms with Gasteiger partial charge in [0.25, 0.3) is 5.89 Å². The predicted molar refractivity (Wildman–Crippen MR) is 58.4 cm³/mol. The summed E-state index contributed by atoms with van der Waals surface area (Å²) in [5, 5.41) is 12.5. The molecule has 0 fully saturated rings. The highest BCUT2D eigenvalue weighted by molar-refractivity contribution is 5.54. The van der Waals surface area contributed by atoms with Crippen LogP contribution in [0, 0.1) is 12.7 Å². The lowest BCUT2D eigenvalue weighted by molar-refractivity contribution is 0.260. The van der Waals surface area contributed by atoms with E-state index in [0.717, 1.165) is 0 Å². The van der Waals surface area contributed by atoms with Gasteiger partial charge < -0.3 is 15.4 Å². The number of aromatic nitrogens is 2. The van der Waals surface area contributed by atoms with Gasteiger partial charge in [0.2, 0.25) is 0 Å². The van der Waals surface area contributed by atoms with E-state index in [1.165, 1.54) is 6.07 Å². The predicted octanol–water partition coefficient (Wildman–Crippen LogP) is 1.18. The Morgan fingerprint density at radius 3 is 2.94 bits per heavy atom. The van der Waals surface area contributed by atoms with Gasteiger partial charge in [-0.15, -0.1) is 0 Å². The lowest BCUT2D eigenvalue weighted by Gasteiger charge is -1.99. The molecule has 0 aliphatic heterocycles. The number of nitrogens with two attached hydrogens (primary N) is 1. The Hall–Kier alpha value is -1.79. The van der Waals surface area contributed by atoms with Crippen molar-refractivity contribution in [3.05, 3.63) is 35.4 Å². The first-order valence-electron chi connectivity index (χ1n) is 5.08. The van der Waals surface area contributed by atoms with Crippen molar-refractivity contribution in [1.82, 2.24) is 10.1 Å². The van der Waals surface area contributed by atoms with E-state index in [0.29, 0.717) is 11.1 Å². The van der Waals surface area contributed by atoms with Crippen molar-refractivity contribution < 1.29 is 14.0 Å². The zero-order chi connectivity index (χ0) is 12.4. The molecule has 6 heteroatoms. The van der Waals surface area contributed by atoms with Gasteiger partial charge in [-0.05, 0) is 30.7 Å². The minimum absolute atomic E-state index is 0.226. The number of nitrogens with zero attached hydrogens (tertiary/aromatic N) is 2. The largest absolute Gasteiger partial charge is 0.394 e. The number of benzene rings is 1. The topological polar surface area (TPSA) is 85.2 Å². The van der Waals surface area contributed by atoms with E-state index in [1.54, 1.807) is 19.1 Å². The molecule has 1 unspecified atom stereocenters. The van der Waals surface area contributed by atoms with E-state index in [9.17, 15) is 4.39 Å². The number of aliphatic hydroxyl groups excluding tert-OH is 1. The minimum atomic E-state index is -0.672. The number of rotatable bonds is 3. The van der Waals surface area contributed by atoms with Crippen LogP contribution in [0.3, 0.4) is 0 Å². The van der Waals surface area contributed by atoms with Crippen molar-refractivity contribution in [3.8, 4) is 11.5 Å². The van der Waals surface area contributed by atoms with Gasteiger partial charge in [-0.3, -0.25) is 0 Å². The minimum Gasteiger partial charge on any atom is -0.394 e. The molecule has 1 atom stereocenters. The third kappa shape index (κ3) is 2.32. The average molecular weight is 237 g/mol. The molecule has 0 saturated heterocycles. The molecule has 5 nitrogen and oxygen atoms in total. The molecule has 0 spiro atoms. The van der Waals surface area contributed by atoms with Gasteiger partial charge in [-0.2, -0.15) is 4.98 Å². The Balaban J connectivity index is 2.33. The monoisotopic (exact) mass is 237 g/mol. The molecule has 0 aliphatic rings. The summed E-state index contributed by atoms with van der Waals surface area (Å²) in [5.41, 5.74) is 6.66. The van der Waals surface area contributed by atoms with Gasteiger partial charge in [0.1, 0.15) is 5.82 Å². The van der Waals surface area contributed by atoms with Crippen molar-refractivity contribution in [2.24, 2.45) is 5.73 Å². The SMILES string of the molecule is Cc1cc(-c2nc(C(N)CO)no2)ccc1F. The van der Waals surface area contributed by atoms with Crippen LogP contribution in [0.25, 0.3) is 11.5 Å². The molecule has 2 aromatic rings. The molecule has 90 valence electrons. The number of hydrogen-bond acceptors (Lipinski definition) is 5. The highest BCUT2D eigenvalue weighted by Crippen LogP contribution is 2.21. The first-order valence-corrected chi connectivity index (χ1v) is 5.08. The molecule has 1 aromatic heterocycles.